The van der Waals surface area contributed by atoms with Gasteiger partial charge in [0.05, 0.1) is 12.9 Å². The first-order valence-electron chi connectivity index (χ1n) is 5.55. The van der Waals surface area contributed by atoms with Crippen LogP contribution < -0.4 is 11.3 Å². The number of benzene rings is 1. The van der Waals surface area contributed by atoms with Crippen molar-refractivity contribution in [3.8, 4) is 0 Å². The van der Waals surface area contributed by atoms with Crippen LogP contribution >= 0.6 is 11.6 Å². The largest absolute Gasteiger partial charge is 0.392 e. The Labute approximate surface area is 110 Å². The van der Waals surface area contributed by atoms with Crippen LogP contribution in [0.3, 0.4) is 0 Å². The van der Waals surface area contributed by atoms with Crippen molar-refractivity contribution in [1.29, 1.82) is 0 Å². The van der Waals surface area contributed by atoms with E-state index in [0.717, 1.165) is 16.7 Å². The van der Waals surface area contributed by atoms with Crippen molar-refractivity contribution in [2.24, 2.45) is 0 Å². The Morgan fingerprint density at radius 2 is 2.11 bits per heavy atom. The summed E-state index contributed by atoms with van der Waals surface area (Å²) in [6, 6.07) is 6.12. The van der Waals surface area contributed by atoms with Gasteiger partial charge in [-0.25, -0.2) is 4.98 Å². The molecular weight excluding hydrogens is 250 g/mol. The van der Waals surface area contributed by atoms with E-state index in [1.54, 1.807) is 0 Å². The first kappa shape index (κ1) is 12.6. The molecule has 1 aromatic heterocycles. The summed E-state index contributed by atoms with van der Waals surface area (Å²) in [5, 5.41) is 0.0530. The molecule has 5 heteroatoms. The summed E-state index contributed by atoms with van der Waals surface area (Å²) in [6.07, 6.45) is 1.42. The van der Waals surface area contributed by atoms with Gasteiger partial charge in [-0.3, -0.25) is 9.36 Å². The second kappa shape index (κ2) is 4.82. The molecule has 94 valence electrons. The van der Waals surface area contributed by atoms with E-state index >= 15 is 0 Å². The van der Waals surface area contributed by atoms with E-state index < -0.39 is 0 Å². The van der Waals surface area contributed by atoms with Gasteiger partial charge in [-0.1, -0.05) is 35.4 Å². The van der Waals surface area contributed by atoms with E-state index in [1.807, 2.05) is 32.0 Å². The van der Waals surface area contributed by atoms with Gasteiger partial charge in [0.1, 0.15) is 5.69 Å². The molecule has 18 heavy (non-hydrogen) atoms. The Hall–Kier alpha value is -1.81. The molecule has 1 aromatic carbocycles. The summed E-state index contributed by atoms with van der Waals surface area (Å²) in [5.41, 5.74) is 8.60. The quantitative estimate of drug-likeness (QED) is 0.845. The zero-order valence-electron chi connectivity index (χ0n) is 10.3. The van der Waals surface area contributed by atoms with Crippen molar-refractivity contribution < 1.29 is 0 Å². The summed E-state index contributed by atoms with van der Waals surface area (Å²) in [6.45, 7) is 4.47. The molecule has 0 aliphatic carbocycles. The monoisotopic (exact) mass is 263 g/mol. The normalized spacial score (nSPS) is 10.6. The highest BCUT2D eigenvalue weighted by Gasteiger charge is 2.07. The van der Waals surface area contributed by atoms with E-state index in [0.29, 0.717) is 6.54 Å². The maximum atomic E-state index is 11.9. The van der Waals surface area contributed by atoms with Crippen LogP contribution in [0.5, 0.6) is 0 Å². The lowest BCUT2D eigenvalue weighted by Gasteiger charge is -2.10. The zero-order valence-corrected chi connectivity index (χ0v) is 11.0. The summed E-state index contributed by atoms with van der Waals surface area (Å²) in [7, 11) is 0. The third kappa shape index (κ3) is 2.38. The van der Waals surface area contributed by atoms with E-state index in [9.17, 15) is 4.79 Å². The van der Waals surface area contributed by atoms with Crippen LogP contribution in [0.4, 0.5) is 5.69 Å². The topological polar surface area (TPSA) is 60.9 Å². The van der Waals surface area contributed by atoms with E-state index in [2.05, 4.69) is 4.98 Å². The van der Waals surface area contributed by atoms with E-state index in [-0.39, 0.29) is 16.4 Å². The van der Waals surface area contributed by atoms with Crippen molar-refractivity contribution >= 4 is 17.3 Å². The van der Waals surface area contributed by atoms with Gasteiger partial charge in [0.25, 0.3) is 5.56 Å². The molecule has 0 bridgehead atoms. The minimum absolute atomic E-state index is 0.00975. The van der Waals surface area contributed by atoms with E-state index in [4.69, 9.17) is 17.3 Å². The number of anilines is 1. The van der Waals surface area contributed by atoms with Gasteiger partial charge in [0, 0.05) is 0 Å². The van der Waals surface area contributed by atoms with Gasteiger partial charge in [-0.2, -0.15) is 0 Å². The smallest absolute Gasteiger partial charge is 0.278 e. The second-order valence-corrected chi connectivity index (χ2v) is 4.67. The average molecular weight is 264 g/mol. The minimum atomic E-state index is -0.309. The summed E-state index contributed by atoms with van der Waals surface area (Å²) >= 11 is 5.70. The Balaban J connectivity index is 2.44. The van der Waals surface area contributed by atoms with Gasteiger partial charge in [0.15, 0.2) is 5.15 Å². The molecule has 0 saturated heterocycles. The fraction of sp³-hybridized carbons (Fsp3) is 0.231. The molecule has 2 N–H and O–H groups in total. The predicted molar refractivity (Wildman–Crippen MR) is 72.9 cm³/mol. The van der Waals surface area contributed by atoms with Crippen molar-refractivity contribution in [3.05, 3.63) is 56.7 Å². The lowest BCUT2D eigenvalue weighted by molar-refractivity contribution is 0.735. The molecule has 0 saturated carbocycles. The number of hydrogen-bond donors (Lipinski definition) is 1. The molecule has 2 rings (SSSR count). The third-order valence-electron chi connectivity index (χ3n) is 2.87. The first-order chi connectivity index (χ1) is 8.49. The number of rotatable bonds is 2. The number of hydrogen-bond acceptors (Lipinski definition) is 3. The number of nitrogens with two attached hydrogens (primary N) is 1. The molecule has 0 fully saturated rings. The Morgan fingerprint density at radius 3 is 2.83 bits per heavy atom. The van der Waals surface area contributed by atoms with Crippen molar-refractivity contribution in [2.75, 3.05) is 5.73 Å². The van der Waals surface area contributed by atoms with Gasteiger partial charge in [-0.05, 0) is 25.0 Å². The van der Waals surface area contributed by atoms with Crippen LogP contribution in [0.25, 0.3) is 0 Å². The van der Waals surface area contributed by atoms with Crippen LogP contribution in [-0.4, -0.2) is 9.55 Å². The maximum Gasteiger partial charge on any atom is 0.278 e. The molecule has 0 amide bonds. The first-order valence-corrected chi connectivity index (χ1v) is 5.93. The Morgan fingerprint density at radius 1 is 1.39 bits per heavy atom. The number of aromatic nitrogens is 2. The van der Waals surface area contributed by atoms with Gasteiger partial charge in [0.2, 0.25) is 0 Å². The van der Waals surface area contributed by atoms with E-state index in [1.165, 1.54) is 10.9 Å². The van der Waals surface area contributed by atoms with Crippen LogP contribution in [0.2, 0.25) is 5.15 Å². The molecule has 0 spiro atoms. The average Bonchev–Trinajstić information content (AvgIpc) is 2.34. The third-order valence-corrected chi connectivity index (χ3v) is 3.17. The van der Waals surface area contributed by atoms with Gasteiger partial charge >= 0.3 is 0 Å². The van der Waals surface area contributed by atoms with Crippen LogP contribution in [0, 0.1) is 13.8 Å². The van der Waals surface area contributed by atoms with Gasteiger partial charge in [-0.15, -0.1) is 0 Å². The molecule has 0 aliphatic heterocycles. The summed E-state index contributed by atoms with van der Waals surface area (Å²) in [5.74, 6) is 0. The molecule has 0 unspecified atom stereocenters. The number of aryl methyl sites for hydroxylation is 2. The van der Waals surface area contributed by atoms with Crippen molar-refractivity contribution in [1.82, 2.24) is 9.55 Å². The van der Waals surface area contributed by atoms with Gasteiger partial charge < -0.3 is 5.73 Å². The lowest BCUT2D eigenvalue weighted by Crippen LogP contribution is -2.24. The van der Waals surface area contributed by atoms with Crippen molar-refractivity contribution in [2.45, 2.75) is 20.4 Å². The molecule has 0 radical (unpaired) electrons. The number of halogens is 1. The lowest BCUT2D eigenvalue weighted by atomic mass is 10.1. The van der Waals surface area contributed by atoms with Crippen LogP contribution in [0.1, 0.15) is 16.7 Å². The zero-order chi connectivity index (χ0) is 13.3. The molecule has 4 nitrogen and oxygen atoms in total. The Kier molecular flexibility index (Phi) is 3.39. The fourth-order valence-electron chi connectivity index (χ4n) is 1.75. The maximum absolute atomic E-state index is 11.9. The van der Waals surface area contributed by atoms with Crippen LogP contribution in [0.15, 0.2) is 29.3 Å². The summed E-state index contributed by atoms with van der Waals surface area (Å²) < 4.78 is 1.46. The number of nitrogens with zero attached hydrogens (tertiary/aromatic N) is 2. The second-order valence-electron chi connectivity index (χ2n) is 4.31. The minimum Gasteiger partial charge on any atom is -0.392 e. The molecule has 0 atom stereocenters. The number of nitrogen functional groups attached to an aromatic ring is 1. The van der Waals surface area contributed by atoms with Crippen LogP contribution in [-0.2, 0) is 6.54 Å². The fourth-order valence-corrected chi connectivity index (χ4v) is 1.88. The highest BCUT2D eigenvalue weighted by atomic mass is 35.5. The predicted octanol–water partition coefficient (Wildman–Crippen LogP) is 2.14. The highest BCUT2D eigenvalue weighted by molar-refractivity contribution is 6.31. The standard InChI is InChI=1S/C13H14ClN3O/c1-8-3-4-9(2)10(5-8)6-17-7-16-12(14)11(15)13(17)18/h3-5,7H,6,15H2,1-2H3. The SMILES string of the molecule is Cc1ccc(C)c(Cn2cnc(Cl)c(N)c2=O)c1. The Bertz CT molecular complexity index is 649. The molecule has 0 aliphatic rings. The molecule has 2 aromatic rings. The molecular formula is C13H14ClN3O. The molecule has 1 heterocycles. The summed E-state index contributed by atoms with van der Waals surface area (Å²) in [4.78, 5) is 15.8. The van der Waals surface area contributed by atoms with Crippen molar-refractivity contribution in [3.63, 3.8) is 0 Å². The highest BCUT2D eigenvalue weighted by Crippen LogP contribution is 2.13.